The molecule has 104 valence electrons. The second-order valence-corrected chi connectivity index (χ2v) is 7.24. The van der Waals surface area contributed by atoms with E-state index in [1.54, 1.807) is 0 Å². The number of ether oxygens (including phenoxy) is 1. The molecular formula is C17H24O2. The fraction of sp³-hybridized carbons (Fsp3) is 0.647. The van der Waals surface area contributed by atoms with E-state index in [0.717, 1.165) is 30.6 Å². The lowest BCUT2D eigenvalue weighted by molar-refractivity contribution is -0.0677. The number of benzene rings is 1. The largest absolute Gasteiger partial charge is 0.487 e. The first kappa shape index (κ1) is 13.0. The van der Waals surface area contributed by atoms with Crippen molar-refractivity contribution in [2.45, 2.75) is 64.6 Å². The molecule has 0 aromatic heterocycles. The maximum Gasteiger partial charge on any atom is 0.125 e. The molecule has 1 N–H and O–H groups in total. The molecule has 2 unspecified atom stereocenters. The smallest absolute Gasteiger partial charge is 0.125 e. The van der Waals surface area contributed by atoms with Crippen molar-refractivity contribution in [1.29, 1.82) is 0 Å². The van der Waals surface area contributed by atoms with Gasteiger partial charge in [-0.15, -0.1) is 0 Å². The van der Waals surface area contributed by atoms with Crippen LogP contribution in [0, 0.1) is 12.3 Å². The molecule has 1 saturated carbocycles. The van der Waals surface area contributed by atoms with Crippen molar-refractivity contribution in [3.63, 3.8) is 0 Å². The Bertz CT molecular complexity index is 492. The highest BCUT2D eigenvalue weighted by atomic mass is 16.5. The van der Waals surface area contributed by atoms with Crippen molar-refractivity contribution in [3.05, 3.63) is 29.3 Å². The summed E-state index contributed by atoms with van der Waals surface area (Å²) in [6.45, 7) is 6.68. The first-order valence-corrected chi connectivity index (χ1v) is 7.37. The Balaban J connectivity index is 1.94. The fourth-order valence-electron chi connectivity index (χ4n) is 3.96. The second-order valence-electron chi connectivity index (χ2n) is 7.24. The predicted molar refractivity (Wildman–Crippen MR) is 76.4 cm³/mol. The van der Waals surface area contributed by atoms with E-state index in [4.69, 9.17) is 4.74 Å². The van der Waals surface area contributed by atoms with Crippen molar-refractivity contribution in [3.8, 4) is 5.75 Å². The number of hydrogen-bond acceptors (Lipinski definition) is 2. The molecule has 2 aliphatic rings. The van der Waals surface area contributed by atoms with Crippen LogP contribution in [0.1, 0.15) is 63.2 Å². The number of aliphatic hydroxyl groups is 1. The van der Waals surface area contributed by atoms with E-state index < -0.39 is 0 Å². The first-order valence-electron chi connectivity index (χ1n) is 7.37. The van der Waals surface area contributed by atoms with Gasteiger partial charge in [-0.05, 0) is 50.2 Å². The molecule has 0 saturated heterocycles. The normalized spacial score (nSPS) is 32.7. The predicted octanol–water partition coefficient (Wildman–Crippen LogP) is 4.15. The van der Waals surface area contributed by atoms with Crippen molar-refractivity contribution >= 4 is 0 Å². The van der Waals surface area contributed by atoms with Gasteiger partial charge in [-0.25, -0.2) is 0 Å². The Morgan fingerprint density at radius 2 is 2.05 bits per heavy atom. The first-order chi connectivity index (χ1) is 8.89. The van der Waals surface area contributed by atoms with Gasteiger partial charge in [0.15, 0.2) is 0 Å². The third-order valence-electron chi connectivity index (χ3n) is 4.70. The van der Waals surface area contributed by atoms with Crippen LogP contribution in [0.5, 0.6) is 5.75 Å². The molecule has 1 aromatic rings. The summed E-state index contributed by atoms with van der Waals surface area (Å²) in [6.07, 6.45) is 4.94. The highest BCUT2D eigenvalue weighted by molar-refractivity contribution is 5.41. The summed E-state index contributed by atoms with van der Waals surface area (Å²) in [5, 5.41) is 10.5. The van der Waals surface area contributed by atoms with E-state index in [1.165, 1.54) is 18.4 Å². The molecule has 19 heavy (non-hydrogen) atoms. The van der Waals surface area contributed by atoms with Gasteiger partial charge in [0.1, 0.15) is 11.4 Å². The number of fused-ring (bicyclic) bond motifs is 1. The topological polar surface area (TPSA) is 29.5 Å². The number of aryl methyl sites for hydroxylation is 1. The zero-order chi connectivity index (χ0) is 13.7. The van der Waals surface area contributed by atoms with Crippen LogP contribution in [0.4, 0.5) is 0 Å². The van der Waals surface area contributed by atoms with Gasteiger partial charge in [-0.1, -0.05) is 25.5 Å². The minimum atomic E-state index is -0.377. The third kappa shape index (κ3) is 2.38. The van der Waals surface area contributed by atoms with Crippen LogP contribution in [0.3, 0.4) is 0 Å². The highest BCUT2D eigenvalue weighted by Gasteiger charge is 2.46. The van der Waals surface area contributed by atoms with Gasteiger partial charge in [0.25, 0.3) is 0 Å². The van der Waals surface area contributed by atoms with Gasteiger partial charge < -0.3 is 9.84 Å². The number of rotatable bonds is 0. The number of hydrogen-bond donors (Lipinski definition) is 1. The van der Waals surface area contributed by atoms with Gasteiger partial charge in [0.2, 0.25) is 0 Å². The van der Waals surface area contributed by atoms with Crippen molar-refractivity contribution in [2.24, 2.45) is 5.41 Å². The average Bonchev–Trinajstić information content (AvgIpc) is 2.29. The SMILES string of the molecule is Cc1ccc2c(c1)C(O)CC1(CCCC(C)(C)C1)O2. The van der Waals surface area contributed by atoms with Crippen molar-refractivity contribution < 1.29 is 9.84 Å². The van der Waals surface area contributed by atoms with E-state index in [-0.39, 0.29) is 11.7 Å². The van der Waals surface area contributed by atoms with Gasteiger partial charge in [-0.3, -0.25) is 0 Å². The minimum Gasteiger partial charge on any atom is -0.487 e. The summed E-state index contributed by atoms with van der Waals surface area (Å²) in [6, 6.07) is 6.15. The van der Waals surface area contributed by atoms with Crippen LogP contribution in [-0.2, 0) is 0 Å². The van der Waals surface area contributed by atoms with E-state index in [9.17, 15) is 5.11 Å². The molecule has 2 atom stereocenters. The summed E-state index contributed by atoms with van der Waals surface area (Å²) in [5.41, 5.74) is 2.32. The molecule has 1 heterocycles. The van der Waals surface area contributed by atoms with Crippen molar-refractivity contribution in [1.82, 2.24) is 0 Å². The van der Waals surface area contributed by atoms with Gasteiger partial charge in [0.05, 0.1) is 6.10 Å². The Hall–Kier alpha value is -1.02. The lowest BCUT2D eigenvalue weighted by Crippen LogP contribution is -2.47. The molecule has 0 bridgehead atoms. The zero-order valence-electron chi connectivity index (χ0n) is 12.2. The summed E-state index contributed by atoms with van der Waals surface area (Å²) >= 11 is 0. The molecule has 0 radical (unpaired) electrons. The van der Waals surface area contributed by atoms with Crippen LogP contribution in [0.15, 0.2) is 18.2 Å². The van der Waals surface area contributed by atoms with Crippen LogP contribution in [-0.4, -0.2) is 10.7 Å². The maximum atomic E-state index is 10.5. The van der Waals surface area contributed by atoms with Crippen LogP contribution < -0.4 is 4.74 Å². The van der Waals surface area contributed by atoms with Crippen LogP contribution in [0.25, 0.3) is 0 Å². The summed E-state index contributed by atoms with van der Waals surface area (Å²) in [5.74, 6) is 0.891. The molecular weight excluding hydrogens is 236 g/mol. The molecule has 1 aliphatic carbocycles. The van der Waals surface area contributed by atoms with Crippen LogP contribution >= 0.6 is 0 Å². The van der Waals surface area contributed by atoms with Gasteiger partial charge >= 0.3 is 0 Å². The molecule has 1 fully saturated rings. The lowest BCUT2D eigenvalue weighted by Gasteiger charge is -2.48. The number of aliphatic hydroxyl groups excluding tert-OH is 1. The van der Waals surface area contributed by atoms with E-state index in [0.29, 0.717) is 5.41 Å². The molecule has 1 aliphatic heterocycles. The Kier molecular flexibility index (Phi) is 2.90. The standard InChI is InChI=1S/C17H24O2/c1-12-5-6-15-13(9-12)14(18)10-17(19-15)8-4-7-16(2,3)11-17/h5-6,9,14,18H,4,7-8,10-11H2,1-3H3. The summed E-state index contributed by atoms with van der Waals surface area (Å²) < 4.78 is 6.36. The monoisotopic (exact) mass is 260 g/mol. The molecule has 2 nitrogen and oxygen atoms in total. The Labute approximate surface area is 115 Å². The molecule has 0 amide bonds. The van der Waals surface area contributed by atoms with E-state index in [1.807, 2.05) is 6.07 Å². The van der Waals surface area contributed by atoms with Gasteiger partial charge in [-0.2, -0.15) is 0 Å². The molecule has 2 heteroatoms. The average molecular weight is 260 g/mol. The van der Waals surface area contributed by atoms with Gasteiger partial charge in [0, 0.05) is 12.0 Å². The molecule has 1 aromatic carbocycles. The highest BCUT2D eigenvalue weighted by Crippen LogP contribution is 2.50. The second kappa shape index (κ2) is 4.24. The third-order valence-corrected chi connectivity index (χ3v) is 4.70. The quantitative estimate of drug-likeness (QED) is 0.759. The zero-order valence-corrected chi connectivity index (χ0v) is 12.2. The Morgan fingerprint density at radius 3 is 2.79 bits per heavy atom. The van der Waals surface area contributed by atoms with Crippen molar-refractivity contribution in [2.75, 3.05) is 0 Å². The Morgan fingerprint density at radius 1 is 1.26 bits per heavy atom. The minimum absolute atomic E-state index is 0.149. The summed E-state index contributed by atoms with van der Waals surface area (Å²) in [4.78, 5) is 0. The van der Waals surface area contributed by atoms with E-state index >= 15 is 0 Å². The molecule has 1 spiro atoms. The van der Waals surface area contributed by atoms with Crippen LogP contribution in [0.2, 0.25) is 0 Å². The van der Waals surface area contributed by atoms with E-state index in [2.05, 4.69) is 32.9 Å². The summed E-state index contributed by atoms with van der Waals surface area (Å²) in [7, 11) is 0. The lowest BCUT2D eigenvalue weighted by atomic mass is 9.67. The maximum absolute atomic E-state index is 10.5. The fourth-order valence-corrected chi connectivity index (χ4v) is 3.96. The molecule has 3 rings (SSSR count).